The number of nitrogens with zero attached hydrogens (tertiary/aromatic N) is 2. The van der Waals surface area contributed by atoms with Gasteiger partial charge in [0.05, 0.1) is 25.3 Å². The molecule has 2 aromatic carbocycles. The zero-order chi connectivity index (χ0) is 31.1. The molecule has 3 heterocycles. The number of morpholine rings is 1. The lowest BCUT2D eigenvalue weighted by atomic mass is 10.1. The minimum absolute atomic E-state index is 0.0327. The molecule has 0 aliphatic carbocycles. The Morgan fingerprint density at radius 2 is 1.64 bits per heavy atom. The molecule has 12 heteroatoms. The van der Waals surface area contributed by atoms with Gasteiger partial charge in [-0.1, -0.05) is 24.0 Å². The summed E-state index contributed by atoms with van der Waals surface area (Å²) in [7, 11) is 0. The van der Waals surface area contributed by atoms with Gasteiger partial charge < -0.3 is 25.6 Å². The highest BCUT2D eigenvalue weighted by Crippen LogP contribution is 2.21. The predicted octanol–water partition coefficient (Wildman–Crippen LogP) is 1.70. The Hall–Kier alpha value is -3.92. The van der Waals surface area contributed by atoms with Crippen LogP contribution < -0.4 is 16.0 Å². The Morgan fingerprint density at radius 1 is 0.977 bits per heavy atom. The molecule has 44 heavy (non-hydrogen) atoms. The molecule has 2 aromatic rings. The van der Waals surface area contributed by atoms with Crippen molar-refractivity contribution >= 4 is 17.7 Å². The van der Waals surface area contributed by atoms with Crippen LogP contribution in [0.15, 0.2) is 48.5 Å². The van der Waals surface area contributed by atoms with Crippen LogP contribution in [0.25, 0.3) is 0 Å². The average Bonchev–Trinajstić information content (AvgIpc) is 3.65. The van der Waals surface area contributed by atoms with E-state index in [2.05, 4.69) is 44.8 Å². The number of ether oxygens (including phenoxy) is 1. The highest BCUT2D eigenvalue weighted by molar-refractivity contribution is 5.94. The second-order valence-electron chi connectivity index (χ2n) is 11.3. The molecule has 3 N–H and O–H groups in total. The maximum atomic E-state index is 13.5. The first kappa shape index (κ1) is 31.5. The molecule has 0 bridgehead atoms. The van der Waals surface area contributed by atoms with Crippen LogP contribution in [-0.2, 0) is 20.9 Å². The van der Waals surface area contributed by atoms with Crippen molar-refractivity contribution in [2.24, 2.45) is 0 Å². The molecule has 0 unspecified atom stereocenters. The van der Waals surface area contributed by atoms with E-state index in [-0.39, 0.29) is 32.5 Å². The Morgan fingerprint density at radius 3 is 2.25 bits per heavy atom. The van der Waals surface area contributed by atoms with Crippen LogP contribution in [0.3, 0.4) is 0 Å². The van der Waals surface area contributed by atoms with Crippen LogP contribution in [0.4, 0.5) is 13.2 Å². The summed E-state index contributed by atoms with van der Waals surface area (Å²) in [6.45, 7) is 4.13. The van der Waals surface area contributed by atoms with Crippen molar-refractivity contribution in [2.45, 2.75) is 50.1 Å². The molecule has 0 radical (unpaired) electrons. The van der Waals surface area contributed by atoms with Gasteiger partial charge in [0.25, 0.3) is 11.8 Å². The number of nitrogens with one attached hydrogen (secondary N) is 3. The summed E-state index contributed by atoms with van der Waals surface area (Å²) in [6.07, 6.45) is -4.13. The van der Waals surface area contributed by atoms with Crippen molar-refractivity contribution in [1.29, 1.82) is 0 Å². The third-order valence-electron chi connectivity index (χ3n) is 8.08. The molecule has 0 saturated carbocycles. The van der Waals surface area contributed by atoms with Crippen molar-refractivity contribution in [2.75, 3.05) is 45.9 Å². The van der Waals surface area contributed by atoms with Crippen molar-refractivity contribution in [3.8, 4) is 11.8 Å². The lowest BCUT2D eigenvalue weighted by molar-refractivity contribution is -0.143. The maximum absolute atomic E-state index is 13.5. The van der Waals surface area contributed by atoms with Crippen molar-refractivity contribution in [1.82, 2.24) is 25.8 Å². The van der Waals surface area contributed by atoms with Gasteiger partial charge in [0.15, 0.2) is 0 Å². The number of likely N-dealkylation sites (tertiary alicyclic amines) is 1. The number of amides is 3. The number of benzene rings is 2. The van der Waals surface area contributed by atoms with Gasteiger partial charge in [-0.25, -0.2) is 4.39 Å². The molecule has 3 aliphatic heterocycles. The first-order chi connectivity index (χ1) is 21.2. The minimum atomic E-state index is -3.21. The van der Waals surface area contributed by atoms with Gasteiger partial charge in [0.2, 0.25) is 5.91 Å². The number of rotatable bonds is 8. The van der Waals surface area contributed by atoms with E-state index in [1.165, 1.54) is 5.56 Å². The Bertz CT molecular complexity index is 1370. The van der Waals surface area contributed by atoms with E-state index < -0.39 is 48.4 Å². The number of alkyl halides is 3. The maximum Gasteiger partial charge on any atom is 0.315 e. The van der Waals surface area contributed by atoms with Crippen molar-refractivity contribution in [3.63, 3.8) is 0 Å². The second kappa shape index (κ2) is 14.7. The third kappa shape index (κ3) is 8.37. The Kier molecular flexibility index (Phi) is 10.5. The highest BCUT2D eigenvalue weighted by Gasteiger charge is 2.40. The Labute approximate surface area is 254 Å². The number of carbonyl (C=O) groups excluding carboxylic acids is 3. The average molecular weight is 612 g/mol. The highest BCUT2D eigenvalue weighted by atomic mass is 19.3. The lowest BCUT2D eigenvalue weighted by Crippen LogP contribution is -2.47. The monoisotopic (exact) mass is 611 g/mol. The van der Waals surface area contributed by atoms with Crippen molar-refractivity contribution < 1.29 is 32.3 Å². The molecule has 3 aliphatic rings. The molecule has 3 fully saturated rings. The summed E-state index contributed by atoms with van der Waals surface area (Å²) in [4.78, 5) is 40.8. The van der Waals surface area contributed by atoms with Crippen molar-refractivity contribution in [3.05, 3.63) is 70.8 Å². The molecule has 5 rings (SSSR count). The first-order valence-electron chi connectivity index (χ1n) is 14.8. The molecule has 0 aromatic heterocycles. The van der Waals surface area contributed by atoms with Gasteiger partial charge in [-0.3, -0.25) is 19.3 Å². The first-order valence-corrected chi connectivity index (χ1v) is 14.8. The minimum Gasteiger partial charge on any atom is -0.379 e. The summed E-state index contributed by atoms with van der Waals surface area (Å²) in [6, 6.07) is 12.8. The van der Waals surface area contributed by atoms with Gasteiger partial charge in [-0.05, 0) is 48.4 Å². The van der Waals surface area contributed by atoms with Crippen LogP contribution in [0.1, 0.15) is 39.9 Å². The van der Waals surface area contributed by atoms with Gasteiger partial charge in [-0.15, -0.1) is 0 Å². The normalized spacial score (nSPS) is 23.7. The van der Waals surface area contributed by atoms with Crippen LogP contribution >= 0.6 is 0 Å². The molecule has 3 saturated heterocycles. The molecule has 0 spiro atoms. The van der Waals surface area contributed by atoms with Gasteiger partial charge in [-0.2, -0.15) is 8.78 Å². The fraction of sp³-hybridized carbons (Fsp3) is 0.469. The smallest absolute Gasteiger partial charge is 0.315 e. The molecular weight excluding hydrogens is 575 g/mol. The molecule has 3 amide bonds. The summed E-state index contributed by atoms with van der Waals surface area (Å²) < 4.78 is 45.4. The zero-order valence-corrected chi connectivity index (χ0v) is 24.2. The van der Waals surface area contributed by atoms with Crippen LogP contribution in [0, 0.1) is 11.8 Å². The van der Waals surface area contributed by atoms with Gasteiger partial charge in [0.1, 0.15) is 6.17 Å². The van der Waals surface area contributed by atoms with E-state index in [0.717, 1.165) is 48.9 Å². The summed E-state index contributed by atoms with van der Waals surface area (Å²) in [5, 5.41) is 8.22. The lowest BCUT2D eigenvalue weighted by Gasteiger charge is -2.26. The van der Waals surface area contributed by atoms with E-state index in [1.807, 2.05) is 12.1 Å². The van der Waals surface area contributed by atoms with Crippen LogP contribution in [0.2, 0.25) is 0 Å². The summed E-state index contributed by atoms with van der Waals surface area (Å²) in [5.74, 6) is 3.99. The standard InChI is InChI=1S/C32H36F3N5O4/c33-25-15-28(36-17-25)31(42)38-26-16-27(40(20-26)32(43)29(34)35)18-37-30(41)24-9-7-22(8-10-24)2-1-21-3-5-23(6-4-21)19-39-11-13-44-14-12-39/h3-10,25-29,36H,11-20H2,(H,37,41)(H,38,42)/t25-,26+,27+,28-/m0/s1. The number of halogens is 3. The summed E-state index contributed by atoms with van der Waals surface area (Å²) >= 11 is 0. The molecule has 4 atom stereocenters. The fourth-order valence-corrected chi connectivity index (χ4v) is 5.68. The van der Waals surface area contributed by atoms with E-state index >= 15 is 0 Å². The predicted molar refractivity (Wildman–Crippen MR) is 157 cm³/mol. The number of hydrogen-bond acceptors (Lipinski definition) is 6. The van der Waals surface area contributed by atoms with Crippen LogP contribution in [-0.4, -0.2) is 104 Å². The molecular formula is C32H36F3N5O4. The fourth-order valence-electron chi connectivity index (χ4n) is 5.68. The van der Waals surface area contributed by atoms with Gasteiger partial charge in [0, 0.05) is 68.4 Å². The van der Waals surface area contributed by atoms with Gasteiger partial charge >= 0.3 is 6.43 Å². The number of hydrogen-bond donors (Lipinski definition) is 3. The van der Waals surface area contributed by atoms with E-state index in [0.29, 0.717) is 5.56 Å². The largest absolute Gasteiger partial charge is 0.379 e. The topological polar surface area (TPSA) is 103 Å². The van der Waals surface area contributed by atoms with E-state index in [1.54, 1.807) is 24.3 Å². The zero-order valence-electron chi connectivity index (χ0n) is 24.2. The van der Waals surface area contributed by atoms with Crippen LogP contribution in [0.5, 0.6) is 0 Å². The summed E-state index contributed by atoms with van der Waals surface area (Å²) in [5.41, 5.74) is 3.16. The molecule has 234 valence electrons. The Balaban J connectivity index is 1.13. The second-order valence-corrected chi connectivity index (χ2v) is 11.3. The molecule has 9 nitrogen and oxygen atoms in total. The van der Waals surface area contributed by atoms with E-state index in [4.69, 9.17) is 4.74 Å². The quantitative estimate of drug-likeness (QED) is 0.393. The van der Waals surface area contributed by atoms with E-state index in [9.17, 15) is 27.6 Å². The number of carbonyl (C=O) groups is 3. The SMILES string of the molecule is O=C(NC[C@H]1C[C@@H](NC(=O)[C@@H]2C[C@H](F)CN2)CN1C(=O)C(F)F)c1ccc(C#Cc2ccc(CN3CCOCC3)cc2)cc1. The third-order valence-corrected chi connectivity index (χ3v) is 8.08.